The molecule has 0 fully saturated rings. The molecule has 0 amide bonds. The maximum Gasteiger partial charge on any atom is 0.198 e. The van der Waals surface area contributed by atoms with Crippen molar-refractivity contribution in [1.82, 2.24) is 9.13 Å². The molecule has 5 aromatic heterocycles. The first-order valence-corrected chi connectivity index (χ1v) is 28.2. The highest BCUT2D eigenvalue weighted by molar-refractivity contribution is 7.34. The van der Waals surface area contributed by atoms with Crippen molar-refractivity contribution in [1.29, 1.82) is 0 Å². The average Bonchev–Trinajstić information content (AvgIpc) is 4.22. The normalized spacial score (nSPS) is 17.0. The van der Waals surface area contributed by atoms with Crippen LogP contribution in [0, 0.1) is 42.0 Å². The number of thiophene rings is 3. The fraction of sp³-hybridized carbons (Fsp3) is 0.390. The van der Waals surface area contributed by atoms with Crippen molar-refractivity contribution < 1.29 is 36.7 Å². The molecule has 0 bridgehead atoms. The van der Waals surface area contributed by atoms with E-state index in [1.165, 1.54) is 40.9 Å². The molecule has 6 nitrogen and oxygen atoms in total. The SMILES string of the molecule is CCCCC(CC)Cn1c2cc(C3=CC(=C4C(=O)c5cc(F)c(F)cc5C4=O)CCC3)sc2c2sc3c4sc(C5=C/C(=C(/C=O)C(=O)c6cc(F)c(F)cc6C)CCC5)cc4n(CC(CC)CCCC)c3c21. The van der Waals surface area contributed by atoms with E-state index in [1.807, 2.05) is 23.5 Å². The van der Waals surface area contributed by atoms with E-state index in [4.69, 9.17) is 0 Å². The predicted molar refractivity (Wildman–Crippen MR) is 287 cm³/mol. The zero-order chi connectivity index (χ0) is 50.7. The number of rotatable bonds is 17. The molecule has 0 N–H and O–H groups in total. The van der Waals surface area contributed by atoms with Gasteiger partial charge in [0.15, 0.2) is 46.9 Å². The summed E-state index contributed by atoms with van der Waals surface area (Å²) in [7, 11) is 0. The number of aryl methyl sites for hydroxylation is 1. The Labute approximate surface area is 428 Å². The second kappa shape index (κ2) is 20.4. The van der Waals surface area contributed by atoms with Crippen LogP contribution in [0.4, 0.5) is 17.6 Å². The standard InChI is InChI=1S/C59H58F4N2O4S3/c1-6-10-14-32(8-3)28-64-46-26-48(35-17-12-16-34(21-35)41(30-66)53(67)38-23-43(61)42(60)20-31(38)5)70-56(46)58-51(64)52-59(72-58)57-47(65(52)29-33(9-4)15-11-7-2)27-49(71-57)36-18-13-19-37(22-36)50-54(68)39-24-44(62)45(63)25-40(39)55(50)69/h20-27,30,32-33H,6-19,28-29H2,1-5H3/b41-34-. The van der Waals surface area contributed by atoms with Crippen LogP contribution < -0.4 is 0 Å². The van der Waals surface area contributed by atoms with Crippen molar-refractivity contribution >= 4 is 110 Å². The number of carbonyl (C=O) groups is 4. The highest BCUT2D eigenvalue weighted by atomic mass is 32.1. The number of ketones is 3. The Morgan fingerprint density at radius 3 is 1.65 bits per heavy atom. The van der Waals surface area contributed by atoms with Gasteiger partial charge in [0.2, 0.25) is 0 Å². The topological polar surface area (TPSA) is 78.1 Å². The van der Waals surface area contributed by atoms with Crippen molar-refractivity contribution in [2.75, 3.05) is 0 Å². The molecule has 2 unspecified atom stereocenters. The highest BCUT2D eigenvalue weighted by Crippen LogP contribution is 2.52. The molecule has 0 saturated carbocycles. The predicted octanol–water partition coefficient (Wildman–Crippen LogP) is 17.3. The molecule has 13 heteroatoms. The Morgan fingerprint density at radius 1 is 0.639 bits per heavy atom. The van der Waals surface area contributed by atoms with Crippen LogP contribution in [-0.4, -0.2) is 32.8 Å². The summed E-state index contributed by atoms with van der Waals surface area (Å²) < 4.78 is 67.1. The summed E-state index contributed by atoms with van der Waals surface area (Å²) >= 11 is 5.35. The molecule has 3 aliphatic rings. The third-order valence-electron chi connectivity index (χ3n) is 15.4. The number of unbranched alkanes of at least 4 members (excludes halogenated alkanes) is 2. The number of carbonyl (C=O) groups excluding carboxylic acids is 4. The van der Waals surface area contributed by atoms with E-state index < -0.39 is 40.6 Å². The molecule has 72 heavy (non-hydrogen) atoms. The fourth-order valence-electron chi connectivity index (χ4n) is 11.3. The molecule has 0 aliphatic heterocycles. The average molecular weight is 1030 g/mol. The number of fused-ring (bicyclic) bond motifs is 8. The Bertz CT molecular complexity index is 3490. The Morgan fingerprint density at radius 2 is 1.14 bits per heavy atom. The van der Waals surface area contributed by atoms with E-state index >= 15 is 0 Å². The van der Waals surface area contributed by atoms with Gasteiger partial charge in [-0.1, -0.05) is 78.4 Å². The summed E-state index contributed by atoms with van der Waals surface area (Å²) in [5.74, 6) is -5.26. The fourth-order valence-corrected chi connectivity index (χ4v) is 15.3. The van der Waals surface area contributed by atoms with E-state index in [2.05, 4.69) is 49.0 Å². The van der Waals surface area contributed by atoms with E-state index in [-0.39, 0.29) is 33.4 Å². The van der Waals surface area contributed by atoms with E-state index in [9.17, 15) is 36.7 Å². The number of aldehydes is 1. The van der Waals surface area contributed by atoms with Crippen molar-refractivity contribution in [3.05, 3.63) is 126 Å². The monoisotopic (exact) mass is 1030 g/mol. The van der Waals surface area contributed by atoms with Crippen LogP contribution >= 0.6 is 34.0 Å². The second-order valence-electron chi connectivity index (χ2n) is 20.0. The van der Waals surface area contributed by atoms with Gasteiger partial charge in [0.05, 0.1) is 52.0 Å². The van der Waals surface area contributed by atoms with Gasteiger partial charge in [0, 0.05) is 39.5 Å². The van der Waals surface area contributed by atoms with E-state index in [1.54, 1.807) is 29.6 Å². The molecule has 0 radical (unpaired) electrons. The van der Waals surface area contributed by atoms with Gasteiger partial charge in [-0.3, -0.25) is 19.2 Å². The van der Waals surface area contributed by atoms with E-state index in [0.717, 1.165) is 135 Å². The lowest BCUT2D eigenvalue weighted by atomic mass is 9.88. The Kier molecular flexibility index (Phi) is 14.2. The van der Waals surface area contributed by atoms with Crippen LogP contribution in [0.2, 0.25) is 0 Å². The first-order chi connectivity index (χ1) is 34.8. The molecule has 3 aliphatic carbocycles. The molecule has 374 valence electrons. The lowest BCUT2D eigenvalue weighted by Gasteiger charge is -2.19. The smallest absolute Gasteiger partial charge is 0.198 e. The number of hydrogen-bond acceptors (Lipinski definition) is 7. The van der Waals surface area contributed by atoms with Crippen LogP contribution in [0.15, 0.2) is 70.8 Å². The van der Waals surface area contributed by atoms with Crippen molar-refractivity contribution in [3.8, 4) is 0 Å². The molecule has 2 atom stereocenters. The van der Waals surface area contributed by atoms with Crippen LogP contribution in [0.1, 0.15) is 164 Å². The zero-order valence-electron chi connectivity index (χ0n) is 41.4. The van der Waals surface area contributed by atoms with Crippen LogP contribution in [-0.2, 0) is 17.9 Å². The number of nitrogens with zero attached hydrogens (tertiary/aromatic N) is 2. The Balaban J connectivity index is 1.13. The van der Waals surface area contributed by atoms with Gasteiger partial charge in [-0.05, 0) is 134 Å². The number of aromatic nitrogens is 2. The molecule has 5 heterocycles. The minimum absolute atomic E-state index is 0.0119. The third kappa shape index (κ3) is 8.74. The van der Waals surface area contributed by atoms with Crippen LogP contribution in [0.5, 0.6) is 0 Å². The van der Waals surface area contributed by atoms with Gasteiger partial charge >= 0.3 is 0 Å². The first-order valence-electron chi connectivity index (χ1n) is 25.7. The van der Waals surface area contributed by atoms with Gasteiger partial charge in [-0.25, -0.2) is 17.6 Å². The highest BCUT2D eigenvalue weighted by Gasteiger charge is 2.37. The maximum absolute atomic E-state index is 14.4. The largest absolute Gasteiger partial charge is 0.337 e. The first kappa shape index (κ1) is 50.1. The summed E-state index contributed by atoms with van der Waals surface area (Å²) in [4.78, 5) is 55.9. The minimum Gasteiger partial charge on any atom is -0.337 e. The van der Waals surface area contributed by atoms with Crippen molar-refractivity contribution in [2.45, 2.75) is 138 Å². The van der Waals surface area contributed by atoms with Gasteiger partial charge in [0.1, 0.15) is 0 Å². The van der Waals surface area contributed by atoms with Gasteiger partial charge < -0.3 is 9.13 Å². The van der Waals surface area contributed by atoms with Gasteiger partial charge in [-0.2, -0.15) is 0 Å². The summed E-state index contributed by atoms with van der Waals surface area (Å²) in [5, 5.41) is 0. The number of Topliss-reactive ketones (excluding diaryl/α,β-unsaturated/α-hetero) is 3. The quantitative estimate of drug-likeness (QED) is 0.0227. The zero-order valence-corrected chi connectivity index (χ0v) is 43.9. The minimum atomic E-state index is -1.15. The third-order valence-corrected chi connectivity index (χ3v) is 19.3. The number of halogens is 4. The molecule has 0 spiro atoms. The second-order valence-corrected chi connectivity index (χ2v) is 23.2. The van der Waals surface area contributed by atoms with Crippen LogP contribution in [0.25, 0.3) is 52.0 Å². The van der Waals surface area contributed by atoms with Crippen molar-refractivity contribution in [2.24, 2.45) is 11.8 Å². The number of benzene rings is 2. The lowest BCUT2D eigenvalue weighted by Crippen LogP contribution is -2.12. The molecule has 10 rings (SSSR count). The summed E-state index contributed by atoms with van der Waals surface area (Å²) in [5.41, 5.74) is 8.25. The summed E-state index contributed by atoms with van der Waals surface area (Å²) in [6.07, 6.45) is 17.4. The van der Waals surface area contributed by atoms with Gasteiger partial charge in [-0.15, -0.1) is 34.0 Å². The lowest BCUT2D eigenvalue weighted by molar-refractivity contribution is -0.104. The Hall–Kier alpha value is -5.50. The van der Waals surface area contributed by atoms with Crippen LogP contribution in [0.3, 0.4) is 0 Å². The number of hydrogen-bond donors (Lipinski definition) is 0. The molecular weight excluding hydrogens is 973 g/mol. The molecule has 7 aromatic rings. The van der Waals surface area contributed by atoms with E-state index in [0.29, 0.717) is 42.1 Å². The molecule has 2 aromatic carbocycles. The number of allylic oxidation sites excluding steroid dienone is 8. The van der Waals surface area contributed by atoms with Gasteiger partial charge in [0.25, 0.3) is 0 Å². The van der Waals surface area contributed by atoms with Crippen molar-refractivity contribution in [3.63, 3.8) is 0 Å². The summed E-state index contributed by atoms with van der Waals surface area (Å²) in [6.45, 7) is 12.3. The molecule has 0 saturated heterocycles. The summed E-state index contributed by atoms with van der Waals surface area (Å²) in [6, 6.07) is 8.18. The molecular formula is C59H58F4N2O4S3. The maximum atomic E-state index is 14.4.